The molecule has 2 aromatic heterocycles. The van der Waals surface area contributed by atoms with Crippen LogP contribution in [-0.2, 0) is 0 Å². The molecule has 0 aliphatic carbocycles. The van der Waals surface area contributed by atoms with Crippen molar-refractivity contribution in [3.05, 3.63) is 27.4 Å². The molecule has 0 bridgehead atoms. The SMILES string of the molecule is Cc1nc(-c2ccc(Br)s2)oc1C. The zero-order valence-electron chi connectivity index (χ0n) is 7.30. The Bertz CT molecular complexity index is 413. The quantitative estimate of drug-likeness (QED) is 0.777. The van der Waals surface area contributed by atoms with E-state index < -0.39 is 0 Å². The average molecular weight is 258 g/mol. The lowest BCUT2D eigenvalue weighted by molar-refractivity contribution is 0.542. The summed E-state index contributed by atoms with van der Waals surface area (Å²) in [4.78, 5) is 5.38. The second-order valence-corrected chi connectivity index (χ2v) is 5.23. The minimum atomic E-state index is 0.714. The first-order valence-corrected chi connectivity index (χ1v) is 5.47. The minimum Gasteiger partial charge on any atom is -0.440 e. The zero-order chi connectivity index (χ0) is 9.42. The summed E-state index contributed by atoms with van der Waals surface area (Å²) in [6, 6.07) is 3.99. The lowest BCUT2D eigenvalue weighted by Gasteiger charge is -1.85. The molecule has 0 saturated heterocycles. The van der Waals surface area contributed by atoms with Gasteiger partial charge in [-0.2, -0.15) is 0 Å². The fraction of sp³-hybridized carbons (Fsp3) is 0.222. The third kappa shape index (κ3) is 1.69. The van der Waals surface area contributed by atoms with Gasteiger partial charge in [-0.1, -0.05) is 0 Å². The number of oxazole rings is 1. The standard InChI is InChI=1S/C9H8BrNOS/c1-5-6(2)12-9(11-5)7-3-4-8(10)13-7/h3-4H,1-2H3. The highest BCUT2D eigenvalue weighted by atomic mass is 79.9. The zero-order valence-corrected chi connectivity index (χ0v) is 9.70. The Labute approximate surface area is 88.7 Å². The van der Waals surface area contributed by atoms with E-state index in [1.165, 1.54) is 0 Å². The first-order valence-electron chi connectivity index (χ1n) is 3.86. The number of hydrogen-bond donors (Lipinski definition) is 0. The maximum Gasteiger partial charge on any atom is 0.236 e. The molecule has 0 radical (unpaired) electrons. The minimum absolute atomic E-state index is 0.714. The van der Waals surface area contributed by atoms with Gasteiger partial charge in [-0.3, -0.25) is 0 Å². The maximum absolute atomic E-state index is 5.49. The van der Waals surface area contributed by atoms with E-state index in [4.69, 9.17) is 4.42 Å². The third-order valence-electron chi connectivity index (χ3n) is 1.81. The van der Waals surface area contributed by atoms with E-state index in [2.05, 4.69) is 20.9 Å². The van der Waals surface area contributed by atoms with Crippen LogP contribution in [0.4, 0.5) is 0 Å². The lowest BCUT2D eigenvalue weighted by atomic mass is 10.4. The van der Waals surface area contributed by atoms with Crippen molar-refractivity contribution in [2.45, 2.75) is 13.8 Å². The average Bonchev–Trinajstić information content (AvgIpc) is 2.61. The summed E-state index contributed by atoms with van der Waals surface area (Å²) in [5, 5.41) is 0. The third-order valence-corrected chi connectivity index (χ3v) is 3.42. The second-order valence-electron chi connectivity index (χ2n) is 2.76. The molecule has 0 saturated carbocycles. The van der Waals surface area contributed by atoms with Crippen molar-refractivity contribution in [3.63, 3.8) is 0 Å². The monoisotopic (exact) mass is 257 g/mol. The van der Waals surface area contributed by atoms with Crippen molar-refractivity contribution < 1.29 is 4.42 Å². The molecular formula is C9H8BrNOS. The van der Waals surface area contributed by atoms with E-state index in [0.717, 1.165) is 20.1 Å². The molecule has 2 nitrogen and oxygen atoms in total. The lowest BCUT2D eigenvalue weighted by Crippen LogP contribution is -1.72. The van der Waals surface area contributed by atoms with E-state index >= 15 is 0 Å². The van der Waals surface area contributed by atoms with Crippen molar-refractivity contribution in [3.8, 4) is 10.8 Å². The molecule has 0 atom stereocenters. The van der Waals surface area contributed by atoms with E-state index in [1.54, 1.807) is 11.3 Å². The predicted octanol–water partition coefficient (Wildman–Crippen LogP) is 3.78. The molecule has 0 N–H and O–H groups in total. The van der Waals surface area contributed by atoms with Crippen LogP contribution in [0.3, 0.4) is 0 Å². The largest absolute Gasteiger partial charge is 0.440 e. The van der Waals surface area contributed by atoms with Crippen LogP contribution in [0.5, 0.6) is 0 Å². The van der Waals surface area contributed by atoms with Crippen LogP contribution in [0.1, 0.15) is 11.5 Å². The molecule has 0 aliphatic heterocycles. The Hall–Kier alpha value is -0.610. The first kappa shape index (κ1) is 8.97. The van der Waals surface area contributed by atoms with Gasteiger partial charge in [0.1, 0.15) is 5.76 Å². The van der Waals surface area contributed by atoms with Crippen molar-refractivity contribution in [2.24, 2.45) is 0 Å². The van der Waals surface area contributed by atoms with Gasteiger partial charge >= 0.3 is 0 Å². The molecular weight excluding hydrogens is 250 g/mol. The molecule has 0 fully saturated rings. The number of aromatic nitrogens is 1. The first-order chi connectivity index (χ1) is 6.16. The summed E-state index contributed by atoms with van der Waals surface area (Å²) < 4.78 is 6.59. The van der Waals surface area contributed by atoms with E-state index in [-0.39, 0.29) is 0 Å². The molecule has 2 aromatic rings. The molecule has 2 heterocycles. The van der Waals surface area contributed by atoms with Crippen LogP contribution < -0.4 is 0 Å². The van der Waals surface area contributed by atoms with Gasteiger partial charge in [-0.15, -0.1) is 11.3 Å². The van der Waals surface area contributed by atoms with Crippen LogP contribution in [0.2, 0.25) is 0 Å². The van der Waals surface area contributed by atoms with Crippen LogP contribution >= 0.6 is 27.3 Å². The van der Waals surface area contributed by atoms with Gasteiger partial charge < -0.3 is 4.42 Å². The number of rotatable bonds is 1. The number of hydrogen-bond acceptors (Lipinski definition) is 3. The molecule has 0 aliphatic rings. The number of halogens is 1. The van der Waals surface area contributed by atoms with Crippen molar-refractivity contribution in [1.29, 1.82) is 0 Å². The Morgan fingerprint density at radius 1 is 1.38 bits per heavy atom. The Morgan fingerprint density at radius 3 is 2.62 bits per heavy atom. The highest BCUT2D eigenvalue weighted by molar-refractivity contribution is 9.11. The Morgan fingerprint density at radius 2 is 2.15 bits per heavy atom. The van der Waals surface area contributed by atoms with Gasteiger partial charge in [-0.25, -0.2) is 4.98 Å². The topological polar surface area (TPSA) is 26.0 Å². The molecule has 68 valence electrons. The van der Waals surface area contributed by atoms with Crippen molar-refractivity contribution in [1.82, 2.24) is 4.98 Å². The van der Waals surface area contributed by atoms with E-state index in [0.29, 0.717) is 5.89 Å². The molecule has 0 aromatic carbocycles. The van der Waals surface area contributed by atoms with Gasteiger partial charge in [0, 0.05) is 0 Å². The predicted molar refractivity (Wildman–Crippen MR) is 57.0 cm³/mol. The normalized spacial score (nSPS) is 10.7. The van der Waals surface area contributed by atoms with Gasteiger partial charge in [0.05, 0.1) is 14.4 Å². The summed E-state index contributed by atoms with van der Waals surface area (Å²) >= 11 is 5.03. The number of thiophene rings is 1. The molecule has 13 heavy (non-hydrogen) atoms. The molecule has 0 unspecified atom stereocenters. The highest BCUT2D eigenvalue weighted by Crippen LogP contribution is 2.31. The summed E-state index contributed by atoms with van der Waals surface area (Å²) in [5.41, 5.74) is 0.958. The second kappa shape index (κ2) is 3.27. The van der Waals surface area contributed by atoms with Crippen LogP contribution in [0.25, 0.3) is 10.8 Å². The van der Waals surface area contributed by atoms with Crippen molar-refractivity contribution >= 4 is 27.3 Å². The van der Waals surface area contributed by atoms with Crippen LogP contribution in [-0.4, -0.2) is 4.98 Å². The smallest absolute Gasteiger partial charge is 0.236 e. The van der Waals surface area contributed by atoms with E-state index in [9.17, 15) is 0 Å². The number of aryl methyl sites for hydroxylation is 2. The van der Waals surface area contributed by atoms with Gasteiger partial charge in [0.2, 0.25) is 5.89 Å². The highest BCUT2D eigenvalue weighted by Gasteiger charge is 2.09. The van der Waals surface area contributed by atoms with Gasteiger partial charge in [0.25, 0.3) is 0 Å². The molecule has 0 spiro atoms. The van der Waals surface area contributed by atoms with Gasteiger partial charge in [-0.05, 0) is 41.9 Å². The fourth-order valence-electron chi connectivity index (χ4n) is 1.01. The molecule has 4 heteroatoms. The fourth-order valence-corrected chi connectivity index (χ4v) is 2.32. The summed E-state index contributed by atoms with van der Waals surface area (Å²) in [5.74, 6) is 1.60. The summed E-state index contributed by atoms with van der Waals surface area (Å²) in [7, 11) is 0. The summed E-state index contributed by atoms with van der Waals surface area (Å²) in [6.07, 6.45) is 0. The Kier molecular flexibility index (Phi) is 2.26. The van der Waals surface area contributed by atoms with E-state index in [1.807, 2.05) is 26.0 Å². The maximum atomic E-state index is 5.49. The number of nitrogens with zero attached hydrogens (tertiary/aromatic N) is 1. The van der Waals surface area contributed by atoms with Crippen LogP contribution in [0, 0.1) is 13.8 Å². The Balaban J connectivity index is 2.46. The van der Waals surface area contributed by atoms with Gasteiger partial charge in [0.15, 0.2) is 0 Å². The van der Waals surface area contributed by atoms with Crippen molar-refractivity contribution in [2.75, 3.05) is 0 Å². The molecule has 2 rings (SSSR count). The summed E-state index contributed by atoms with van der Waals surface area (Å²) in [6.45, 7) is 3.87. The molecule has 0 amide bonds. The van der Waals surface area contributed by atoms with Crippen LogP contribution in [0.15, 0.2) is 20.3 Å².